The molecule has 0 unspecified atom stereocenters. The largest absolute Gasteiger partial charge is 0.438 e. The molecule has 0 aliphatic rings. The van der Waals surface area contributed by atoms with Crippen LogP contribution in [-0.4, -0.2) is 11.0 Å². The first kappa shape index (κ1) is 23.0. The third-order valence-corrected chi connectivity index (χ3v) is 4.70. The maximum atomic E-state index is 13.8. The molecule has 3 aromatic carbocycles. The Balaban J connectivity index is 1.54. The normalized spacial score (nSPS) is 11.3. The molecule has 1 aromatic heterocycles. The van der Waals surface area contributed by atoms with Gasteiger partial charge < -0.3 is 15.1 Å². The highest BCUT2D eigenvalue weighted by atomic mass is 19.4. The van der Waals surface area contributed by atoms with E-state index >= 15 is 0 Å². The summed E-state index contributed by atoms with van der Waals surface area (Å²) in [5, 5.41) is 4.74. The first-order valence-corrected chi connectivity index (χ1v) is 9.93. The van der Waals surface area contributed by atoms with E-state index in [9.17, 15) is 26.7 Å². The molecule has 5 nitrogen and oxygen atoms in total. The number of nitrogens with zero attached hydrogens (tertiary/aromatic N) is 1. The molecule has 4 aromatic rings. The molecule has 10 heteroatoms. The Morgan fingerprint density at radius 1 is 0.882 bits per heavy atom. The molecule has 0 fully saturated rings. The standard InChI is InChI=1S/C24H16F5N3O2/c25-17-7-1-4-14(10-17)21-22(15-5-2-8-18(26)11-15)34-20(32-21)13-30-23(33)31-19-9-3-6-16(12-19)24(27,28)29/h1-12H,13H2,(H2,30,31,33). The van der Waals surface area contributed by atoms with Crippen LogP contribution < -0.4 is 10.6 Å². The van der Waals surface area contributed by atoms with Gasteiger partial charge in [-0.3, -0.25) is 0 Å². The predicted molar refractivity (Wildman–Crippen MR) is 115 cm³/mol. The Morgan fingerprint density at radius 2 is 1.53 bits per heavy atom. The van der Waals surface area contributed by atoms with Crippen LogP contribution >= 0.6 is 0 Å². The minimum absolute atomic E-state index is 0.0257. The number of benzene rings is 3. The molecule has 1 heterocycles. The molecular weight excluding hydrogens is 457 g/mol. The van der Waals surface area contributed by atoms with Gasteiger partial charge in [0, 0.05) is 16.8 Å². The first-order chi connectivity index (χ1) is 16.2. The Kier molecular flexibility index (Phi) is 6.31. The van der Waals surface area contributed by atoms with Gasteiger partial charge in [0.05, 0.1) is 12.1 Å². The van der Waals surface area contributed by atoms with Crippen LogP contribution in [0.25, 0.3) is 22.6 Å². The number of amides is 2. The summed E-state index contributed by atoms with van der Waals surface area (Å²) in [4.78, 5) is 16.5. The smallest absolute Gasteiger partial charge is 0.416 e. The van der Waals surface area contributed by atoms with Gasteiger partial charge in [0.25, 0.3) is 0 Å². The molecule has 174 valence electrons. The number of hydrogen-bond acceptors (Lipinski definition) is 3. The van der Waals surface area contributed by atoms with Crippen molar-refractivity contribution in [2.75, 3.05) is 5.32 Å². The van der Waals surface area contributed by atoms with Crippen LogP contribution in [-0.2, 0) is 12.7 Å². The maximum absolute atomic E-state index is 13.8. The van der Waals surface area contributed by atoms with Gasteiger partial charge in [-0.2, -0.15) is 13.2 Å². The van der Waals surface area contributed by atoms with Crippen LogP contribution in [0.5, 0.6) is 0 Å². The Labute approximate surface area is 190 Å². The van der Waals surface area contributed by atoms with E-state index in [4.69, 9.17) is 4.42 Å². The number of nitrogens with one attached hydrogen (secondary N) is 2. The maximum Gasteiger partial charge on any atom is 0.416 e. The molecule has 0 bridgehead atoms. The highest BCUT2D eigenvalue weighted by molar-refractivity contribution is 5.89. The molecule has 2 N–H and O–H groups in total. The predicted octanol–water partition coefficient (Wildman–Crippen LogP) is 6.63. The number of halogens is 5. The Hall–Kier alpha value is -4.21. The fourth-order valence-corrected chi connectivity index (χ4v) is 3.20. The SMILES string of the molecule is O=C(NCc1nc(-c2cccc(F)c2)c(-c2cccc(F)c2)o1)Nc1cccc(C(F)(F)F)c1. The quantitative estimate of drug-likeness (QED) is 0.320. The van der Waals surface area contributed by atoms with E-state index in [-0.39, 0.29) is 29.6 Å². The number of carbonyl (C=O) groups excluding carboxylic acids is 1. The summed E-state index contributed by atoms with van der Waals surface area (Å²) >= 11 is 0. The van der Waals surface area contributed by atoms with E-state index in [2.05, 4.69) is 15.6 Å². The van der Waals surface area contributed by atoms with Crippen LogP contribution in [0.4, 0.5) is 32.4 Å². The molecule has 0 atom stereocenters. The molecule has 0 spiro atoms. The van der Waals surface area contributed by atoms with Gasteiger partial charge in [0.15, 0.2) is 5.76 Å². The molecule has 0 aliphatic carbocycles. The third kappa shape index (κ3) is 5.40. The highest BCUT2D eigenvalue weighted by Gasteiger charge is 2.30. The fourth-order valence-electron chi connectivity index (χ4n) is 3.20. The van der Waals surface area contributed by atoms with Crippen molar-refractivity contribution in [3.63, 3.8) is 0 Å². The highest BCUT2D eigenvalue weighted by Crippen LogP contribution is 2.33. The van der Waals surface area contributed by atoms with E-state index in [1.165, 1.54) is 48.5 Å². The second kappa shape index (κ2) is 9.34. The van der Waals surface area contributed by atoms with Crippen molar-refractivity contribution in [1.29, 1.82) is 0 Å². The van der Waals surface area contributed by atoms with Crippen molar-refractivity contribution in [2.45, 2.75) is 12.7 Å². The average Bonchev–Trinajstić information content (AvgIpc) is 3.22. The monoisotopic (exact) mass is 473 g/mol. The van der Waals surface area contributed by atoms with E-state index in [0.717, 1.165) is 12.1 Å². The lowest BCUT2D eigenvalue weighted by atomic mass is 10.1. The molecule has 0 saturated heterocycles. The summed E-state index contributed by atoms with van der Waals surface area (Å²) in [6, 6.07) is 14.5. The van der Waals surface area contributed by atoms with Gasteiger partial charge in [-0.15, -0.1) is 0 Å². The lowest BCUT2D eigenvalue weighted by Crippen LogP contribution is -2.28. The molecule has 0 aliphatic heterocycles. The van der Waals surface area contributed by atoms with E-state index in [1.807, 2.05) is 0 Å². The zero-order valence-corrected chi connectivity index (χ0v) is 17.3. The van der Waals surface area contributed by atoms with Gasteiger partial charge in [0.1, 0.15) is 17.3 Å². The Morgan fingerprint density at radius 3 is 2.21 bits per heavy atom. The number of alkyl halides is 3. The van der Waals surface area contributed by atoms with Crippen molar-refractivity contribution < 1.29 is 31.2 Å². The summed E-state index contributed by atoms with van der Waals surface area (Å²) < 4.78 is 71.8. The van der Waals surface area contributed by atoms with Crippen LogP contribution in [0.3, 0.4) is 0 Å². The van der Waals surface area contributed by atoms with Gasteiger partial charge in [-0.05, 0) is 42.5 Å². The number of rotatable bonds is 5. The van der Waals surface area contributed by atoms with E-state index in [0.29, 0.717) is 11.1 Å². The minimum Gasteiger partial charge on any atom is -0.438 e. The third-order valence-electron chi connectivity index (χ3n) is 4.70. The minimum atomic E-state index is -4.55. The van der Waals surface area contributed by atoms with Crippen molar-refractivity contribution in [3.05, 3.63) is 95.9 Å². The Bertz CT molecular complexity index is 1270. The number of oxazole rings is 1. The fraction of sp³-hybridized carbons (Fsp3) is 0.0833. The second-order valence-electron chi connectivity index (χ2n) is 7.19. The van der Waals surface area contributed by atoms with Crippen molar-refractivity contribution in [1.82, 2.24) is 10.3 Å². The van der Waals surface area contributed by atoms with Crippen LogP contribution in [0.2, 0.25) is 0 Å². The van der Waals surface area contributed by atoms with Crippen molar-refractivity contribution in [3.8, 4) is 22.6 Å². The summed E-state index contributed by atoms with van der Waals surface area (Å²) in [7, 11) is 0. The summed E-state index contributed by atoms with van der Waals surface area (Å²) in [5.74, 6) is -0.831. The zero-order chi connectivity index (χ0) is 24.3. The number of hydrogen-bond donors (Lipinski definition) is 2. The molecule has 0 radical (unpaired) electrons. The number of carbonyl (C=O) groups is 1. The van der Waals surface area contributed by atoms with Gasteiger partial charge in [-0.1, -0.05) is 30.3 Å². The van der Waals surface area contributed by atoms with Crippen LogP contribution in [0.15, 0.2) is 77.2 Å². The van der Waals surface area contributed by atoms with E-state index < -0.39 is 29.4 Å². The van der Waals surface area contributed by atoms with Gasteiger partial charge in [0.2, 0.25) is 5.89 Å². The molecule has 0 saturated carbocycles. The first-order valence-electron chi connectivity index (χ1n) is 9.93. The number of urea groups is 1. The number of anilines is 1. The molecule has 34 heavy (non-hydrogen) atoms. The van der Waals surface area contributed by atoms with Crippen molar-refractivity contribution >= 4 is 11.7 Å². The van der Waals surface area contributed by atoms with E-state index in [1.54, 1.807) is 12.1 Å². The van der Waals surface area contributed by atoms with Crippen molar-refractivity contribution in [2.24, 2.45) is 0 Å². The molecular formula is C24H16F5N3O2. The topological polar surface area (TPSA) is 67.2 Å². The summed E-state index contributed by atoms with van der Waals surface area (Å²) in [6.45, 7) is -0.234. The zero-order valence-electron chi connectivity index (χ0n) is 17.3. The lowest BCUT2D eigenvalue weighted by Gasteiger charge is -2.10. The average molecular weight is 473 g/mol. The van der Waals surface area contributed by atoms with Gasteiger partial charge >= 0.3 is 12.2 Å². The van der Waals surface area contributed by atoms with Crippen LogP contribution in [0, 0.1) is 11.6 Å². The summed E-state index contributed by atoms with van der Waals surface area (Å²) in [6.07, 6.45) is -4.55. The lowest BCUT2D eigenvalue weighted by molar-refractivity contribution is -0.137. The van der Waals surface area contributed by atoms with Gasteiger partial charge in [-0.25, -0.2) is 18.6 Å². The number of aromatic nitrogens is 1. The van der Waals surface area contributed by atoms with Crippen LogP contribution in [0.1, 0.15) is 11.5 Å². The molecule has 4 rings (SSSR count). The molecule has 2 amide bonds. The second-order valence-corrected chi connectivity index (χ2v) is 7.19. The summed E-state index contributed by atoms with van der Waals surface area (Å²) in [5.41, 5.74) is 0.00685.